The molecule has 6 nitrogen and oxygen atoms in total. The molecule has 0 unspecified atom stereocenters. The molecule has 0 aliphatic heterocycles. The van der Waals surface area contributed by atoms with Crippen LogP contribution in [0.2, 0.25) is 0 Å². The van der Waals surface area contributed by atoms with Crippen molar-refractivity contribution in [2.45, 2.75) is 26.8 Å². The maximum atomic E-state index is 11.9. The Balaban J connectivity index is 2.59. The first-order valence-corrected chi connectivity index (χ1v) is 7.71. The van der Waals surface area contributed by atoms with Gasteiger partial charge in [0.15, 0.2) is 11.8 Å². The van der Waals surface area contributed by atoms with Gasteiger partial charge in [0, 0.05) is 27.5 Å². The van der Waals surface area contributed by atoms with Crippen LogP contribution in [0.5, 0.6) is 5.88 Å². The summed E-state index contributed by atoms with van der Waals surface area (Å²) in [6, 6.07) is 5.55. The standard InChI is InChI=1S/C15H19BrN4O2/c1-8(2)7-20-12(6-13(21)19-15(17)18)11-5-9(16)3-4-10(11)14(20)22/h3-5,8,22H,6-7H2,1-2H3,(H4,17,18,19,21). The van der Waals surface area contributed by atoms with E-state index in [1.165, 1.54) is 0 Å². The number of nitrogens with two attached hydrogens (primary N) is 2. The van der Waals surface area contributed by atoms with E-state index in [0.29, 0.717) is 23.5 Å². The zero-order valence-electron chi connectivity index (χ0n) is 12.5. The predicted molar refractivity (Wildman–Crippen MR) is 90.7 cm³/mol. The van der Waals surface area contributed by atoms with Crippen molar-refractivity contribution in [1.29, 1.82) is 0 Å². The summed E-state index contributed by atoms with van der Waals surface area (Å²) in [5.41, 5.74) is 11.2. The van der Waals surface area contributed by atoms with Crippen molar-refractivity contribution in [3.8, 4) is 5.88 Å². The molecule has 0 fully saturated rings. The molecule has 1 heterocycles. The zero-order chi connectivity index (χ0) is 16.4. The number of amides is 1. The highest BCUT2D eigenvalue weighted by atomic mass is 79.9. The third-order valence-electron chi connectivity index (χ3n) is 3.24. The summed E-state index contributed by atoms with van der Waals surface area (Å²) < 4.78 is 2.62. The van der Waals surface area contributed by atoms with Crippen LogP contribution < -0.4 is 11.5 Å². The second-order valence-electron chi connectivity index (χ2n) is 5.57. The number of halogens is 1. The Kier molecular flexibility index (Phi) is 4.75. The van der Waals surface area contributed by atoms with Gasteiger partial charge in [0.25, 0.3) is 5.91 Å². The molecule has 0 bridgehead atoms. The third kappa shape index (κ3) is 3.41. The first-order valence-electron chi connectivity index (χ1n) is 6.91. The molecule has 0 aliphatic rings. The van der Waals surface area contributed by atoms with E-state index in [1.807, 2.05) is 32.0 Å². The number of aromatic nitrogens is 1. The van der Waals surface area contributed by atoms with Gasteiger partial charge in [-0.3, -0.25) is 4.79 Å². The van der Waals surface area contributed by atoms with E-state index in [2.05, 4.69) is 20.9 Å². The molecule has 0 atom stereocenters. The Labute approximate surface area is 136 Å². The Hall–Kier alpha value is -2.02. The van der Waals surface area contributed by atoms with Gasteiger partial charge >= 0.3 is 0 Å². The molecule has 2 aromatic rings. The highest BCUT2D eigenvalue weighted by Gasteiger charge is 2.19. The summed E-state index contributed by atoms with van der Waals surface area (Å²) >= 11 is 3.41. The normalized spacial score (nSPS) is 11.1. The van der Waals surface area contributed by atoms with Crippen LogP contribution in [0.15, 0.2) is 27.7 Å². The number of carbonyl (C=O) groups excluding carboxylic acids is 1. The summed E-state index contributed by atoms with van der Waals surface area (Å²) in [6.07, 6.45) is 0.0259. The quantitative estimate of drug-likeness (QED) is 0.568. The number of hydrogen-bond donors (Lipinski definition) is 3. The number of hydrogen-bond acceptors (Lipinski definition) is 2. The van der Waals surface area contributed by atoms with E-state index in [1.54, 1.807) is 4.57 Å². The second kappa shape index (κ2) is 6.39. The Morgan fingerprint density at radius 1 is 1.36 bits per heavy atom. The summed E-state index contributed by atoms with van der Waals surface area (Å²) in [5, 5.41) is 12.0. The first-order chi connectivity index (χ1) is 10.3. The second-order valence-corrected chi connectivity index (χ2v) is 6.49. The molecule has 0 radical (unpaired) electrons. The third-order valence-corrected chi connectivity index (χ3v) is 3.73. The minimum atomic E-state index is -0.440. The van der Waals surface area contributed by atoms with E-state index in [4.69, 9.17) is 11.5 Å². The fraction of sp³-hybridized carbons (Fsp3) is 0.333. The van der Waals surface area contributed by atoms with Crippen molar-refractivity contribution in [2.24, 2.45) is 22.4 Å². The number of guanidine groups is 1. The lowest BCUT2D eigenvalue weighted by Crippen LogP contribution is -2.25. The number of aliphatic imine (C=N–C) groups is 1. The van der Waals surface area contributed by atoms with Gasteiger partial charge < -0.3 is 21.1 Å². The van der Waals surface area contributed by atoms with E-state index in [0.717, 1.165) is 9.86 Å². The minimum absolute atomic E-state index is 0.0259. The lowest BCUT2D eigenvalue weighted by molar-refractivity contribution is -0.117. The van der Waals surface area contributed by atoms with Crippen molar-refractivity contribution in [2.75, 3.05) is 0 Å². The van der Waals surface area contributed by atoms with Gasteiger partial charge in [-0.15, -0.1) is 0 Å². The van der Waals surface area contributed by atoms with Gasteiger partial charge in [-0.2, -0.15) is 4.99 Å². The molecule has 1 aromatic carbocycles. The Morgan fingerprint density at radius 3 is 2.64 bits per heavy atom. The molecule has 0 saturated heterocycles. The molecule has 1 aromatic heterocycles. The largest absolute Gasteiger partial charge is 0.494 e. The van der Waals surface area contributed by atoms with Crippen molar-refractivity contribution < 1.29 is 9.90 Å². The maximum Gasteiger partial charge on any atom is 0.254 e. The molecule has 22 heavy (non-hydrogen) atoms. The zero-order valence-corrected chi connectivity index (χ0v) is 14.1. The minimum Gasteiger partial charge on any atom is -0.494 e. The number of aromatic hydroxyl groups is 1. The van der Waals surface area contributed by atoms with Gasteiger partial charge in [-0.1, -0.05) is 29.8 Å². The van der Waals surface area contributed by atoms with E-state index in [9.17, 15) is 9.90 Å². The first kappa shape index (κ1) is 16.4. The number of carbonyl (C=O) groups is 1. The summed E-state index contributed by atoms with van der Waals surface area (Å²) in [4.78, 5) is 15.5. The average Bonchev–Trinajstić information content (AvgIpc) is 2.62. The van der Waals surface area contributed by atoms with Gasteiger partial charge in [0.1, 0.15) is 0 Å². The molecular weight excluding hydrogens is 348 g/mol. The molecule has 0 spiro atoms. The molecule has 7 heteroatoms. The lowest BCUT2D eigenvalue weighted by Gasteiger charge is -2.12. The Bertz CT molecular complexity index is 746. The van der Waals surface area contributed by atoms with Crippen LogP contribution in [0.1, 0.15) is 19.5 Å². The smallest absolute Gasteiger partial charge is 0.254 e. The SMILES string of the molecule is CC(C)Cn1c(O)c2ccc(Br)cc2c1CC(=O)N=C(N)N. The van der Waals surface area contributed by atoms with Gasteiger partial charge in [-0.25, -0.2) is 0 Å². The lowest BCUT2D eigenvalue weighted by atomic mass is 10.1. The molecular formula is C15H19BrN4O2. The molecule has 5 N–H and O–H groups in total. The molecule has 118 valence electrons. The van der Waals surface area contributed by atoms with Gasteiger partial charge in [-0.05, 0) is 24.1 Å². The fourth-order valence-corrected chi connectivity index (χ4v) is 2.81. The monoisotopic (exact) mass is 366 g/mol. The van der Waals surface area contributed by atoms with Crippen LogP contribution >= 0.6 is 15.9 Å². The molecule has 2 rings (SSSR count). The van der Waals surface area contributed by atoms with Gasteiger partial charge in [0.2, 0.25) is 0 Å². The maximum absolute atomic E-state index is 11.9. The van der Waals surface area contributed by atoms with E-state index < -0.39 is 5.91 Å². The topological polar surface area (TPSA) is 107 Å². The molecule has 0 aliphatic carbocycles. The fourth-order valence-electron chi connectivity index (χ4n) is 2.45. The summed E-state index contributed by atoms with van der Waals surface area (Å²) in [5.74, 6) is -0.233. The molecule has 0 saturated carbocycles. The number of rotatable bonds is 4. The highest BCUT2D eigenvalue weighted by Crippen LogP contribution is 2.34. The molecule has 1 amide bonds. The highest BCUT2D eigenvalue weighted by molar-refractivity contribution is 9.10. The van der Waals surface area contributed by atoms with Crippen LogP contribution in [0.25, 0.3) is 10.8 Å². The van der Waals surface area contributed by atoms with Crippen molar-refractivity contribution in [3.05, 3.63) is 28.4 Å². The van der Waals surface area contributed by atoms with Crippen molar-refractivity contribution >= 4 is 38.6 Å². The van der Waals surface area contributed by atoms with E-state index >= 15 is 0 Å². The Morgan fingerprint density at radius 2 is 2.05 bits per heavy atom. The van der Waals surface area contributed by atoms with Gasteiger partial charge in [0.05, 0.1) is 6.42 Å². The van der Waals surface area contributed by atoms with Crippen LogP contribution in [0, 0.1) is 5.92 Å². The van der Waals surface area contributed by atoms with Crippen LogP contribution in [-0.4, -0.2) is 21.5 Å². The summed E-state index contributed by atoms with van der Waals surface area (Å²) in [6.45, 7) is 4.69. The number of nitrogens with zero attached hydrogens (tertiary/aromatic N) is 2. The predicted octanol–water partition coefficient (Wildman–Crippen LogP) is 2.11. The van der Waals surface area contributed by atoms with Crippen molar-refractivity contribution in [1.82, 2.24) is 4.57 Å². The average molecular weight is 367 g/mol. The van der Waals surface area contributed by atoms with Crippen molar-refractivity contribution in [3.63, 3.8) is 0 Å². The van der Waals surface area contributed by atoms with Crippen LogP contribution in [0.3, 0.4) is 0 Å². The van der Waals surface area contributed by atoms with Crippen LogP contribution in [-0.2, 0) is 17.8 Å². The van der Waals surface area contributed by atoms with Crippen LogP contribution in [0.4, 0.5) is 0 Å². The summed E-state index contributed by atoms with van der Waals surface area (Å²) in [7, 11) is 0. The number of benzene rings is 1. The number of fused-ring (bicyclic) bond motifs is 1. The van der Waals surface area contributed by atoms with E-state index in [-0.39, 0.29) is 18.3 Å².